The molecule has 0 spiro atoms. The Bertz CT molecular complexity index is 1240. The number of likely N-dealkylation sites (tertiary alicyclic amines) is 1. The second kappa shape index (κ2) is 9.55. The summed E-state index contributed by atoms with van der Waals surface area (Å²) in [6, 6.07) is 3.72. The van der Waals surface area contributed by atoms with Gasteiger partial charge in [0.25, 0.3) is 0 Å². The average Bonchev–Trinajstić information content (AvgIpc) is 3.54. The number of halogens is 4. The maximum Gasteiger partial charge on any atom is 0.244 e. The fourth-order valence-electron chi connectivity index (χ4n) is 4.11. The molecule has 2 aliphatic rings. The number of piperidine rings is 1. The monoisotopic (exact) mass is 526 g/mol. The number of thiazole rings is 1. The lowest BCUT2D eigenvalue weighted by Crippen LogP contribution is -2.39. The van der Waals surface area contributed by atoms with Crippen molar-refractivity contribution in [2.75, 3.05) is 13.1 Å². The Morgan fingerprint density at radius 1 is 1.18 bits per heavy atom. The molecule has 1 amide bonds. The maximum atomic E-state index is 14.1. The highest BCUT2D eigenvalue weighted by Gasteiger charge is 2.31. The second-order valence-electron chi connectivity index (χ2n) is 8.01. The van der Waals surface area contributed by atoms with Crippen LogP contribution >= 0.6 is 34.5 Å². The molecule has 2 aromatic heterocycles. The van der Waals surface area contributed by atoms with Gasteiger partial charge in [-0.05, 0) is 48.2 Å². The van der Waals surface area contributed by atoms with E-state index < -0.39 is 17.7 Å². The summed E-state index contributed by atoms with van der Waals surface area (Å²) in [5.74, 6) is -1.22. The largest absolute Gasteiger partial charge is 0.387 e. The molecule has 34 heavy (non-hydrogen) atoms. The molecule has 1 unspecified atom stereocenters. The number of amides is 1. The number of nitrogens with zero attached hydrogens (tertiary/aromatic N) is 6. The molecule has 0 N–H and O–H groups in total. The van der Waals surface area contributed by atoms with Gasteiger partial charge in [0, 0.05) is 30.8 Å². The van der Waals surface area contributed by atoms with Crippen molar-refractivity contribution in [3.8, 4) is 0 Å². The number of benzene rings is 1. The predicted molar refractivity (Wildman–Crippen MR) is 122 cm³/mol. The van der Waals surface area contributed by atoms with Gasteiger partial charge in [0.2, 0.25) is 16.5 Å². The van der Waals surface area contributed by atoms with Gasteiger partial charge in [-0.3, -0.25) is 4.79 Å². The van der Waals surface area contributed by atoms with Crippen molar-refractivity contribution < 1.29 is 18.4 Å². The van der Waals surface area contributed by atoms with Crippen molar-refractivity contribution in [2.45, 2.75) is 37.8 Å². The lowest BCUT2D eigenvalue weighted by Gasteiger charge is -2.31. The SMILES string of the molecule is O=C(Cn1nc(Cl)nc1Cl)N1CCC(c2nc(C3=NOC(c4c(F)cccc4F)C3)cs2)CC1. The quantitative estimate of drug-likeness (QED) is 0.485. The third-order valence-electron chi connectivity index (χ3n) is 5.89. The van der Waals surface area contributed by atoms with Gasteiger partial charge in [-0.15, -0.1) is 16.4 Å². The Balaban J connectivity index is 1.18. The molecule has 1 fully saturated rings. The van der Waals surface area contributed by atoms with Gasteiger partial charge in [0.05, 0.1) is 16.3 Å². The summed E-state index contributed by atoms with van der Waals surface area (Å²) in [5, 5.41) is 10.8. The number of hydrogen-bond acceptors (Lipinski definition) is 7. The Labute approximate surface area is 207 Å². The van der Waals surface area contributed by atoms with Gasteiger partial charge in [0.1, 0.15) is 23.9 Å². The van der Waals surface area contributed by atoms with E-state index in [0.717, 1.165) is 17.8 Å². The number of carbonyl (C=O) groups excluding carboxylic acids is 1. The fourth-order valence-corrected chi connectivity index (χ4v) is 5.50. The predicted octanol–water partition coefficient (Wildman–Crippen LogP) is 4.59. The van der Waals surface area contributed by atoms with Crippen molar-refractivity contribution in [3.63, 3.8) is 0 Å². The lowest BCUT2D eigenvalue weighted by molar-refractivity contribution is -0.133. The Morgan fingerprint density at radius 3 is 2.59 bits per heavy atom. The topological polar surface area (TPSA) is 85.5 Å². The first-order valence-corrected chi connectivity index (χ1v) is 12.2. The number of hydrogen-bond donors (Lipinski definition) is 0. The second-order valence-corrected chi connectivity index (χ2v) is 9.57. The van der Waals surface area contributed by atoms with Crippen molar-refractivity contribution >= 4 is 46.2 Å². The van der Waals surface area contributed by atoms with Crippen LogP contribution < -0.4 is 0 Å². The van der Waals surface area contributed by atoms with Crippen LogP contribution in [0.1, 0.15) is 47.5 Å². The average molecular weight is 527 g/mol. The van der Waals surface area contributed by atoms with Gasteiger partial charge in [-0.2, -0.15) is 4.98 Å². The molecule has 1 aromatic carbocycles. The van der Waals surface area contributed by atoms with Gasteiger partial charge in [0.15, 0.2) is 6.10 Å². The van der Waals surface area contributed by atoms with E-state index in [-0.39, 0.29) is 40.9 Å². The van der Waals surface area contributed by atoms with Crippen molar-refractivity contribution in [3.05, 3.63) is 62.0 Å². The molecule has 2 aliphatic heterocycles. The molecular formula is C21H18Cl2F2N6O2S. The third kappa shape index (κ3) is 4.64. The zero-order valence-corrected chi connectivity index (χ0v) is 20.0. The van der Waals surface area contributed by atoms with Crippen LogP contribution in [0.3, 0.4) is 0 Å². The highest BCUT2D eigenvalue weighted by Crippen LogP contribution is 2.35. The van der Waals surface area contributed by atoms with Gasteiger partial charge < -0.3 is 9.74 Å². The molecule has 5 rings (SSSR count). The van der Waals surface area contributed by atoms with Gasteiger partial charge in [-0.1, -0.05) is 11.2 Å². The van der Waals surface area contributed by atoms with Gasteiger partial charge >= 0.3 is 0 Å². The summed E-state index contributed by atoms with van der Waals surface area (Å²) in [4.78, 5) is 28.1. The molecule has 0 saturated carbocycles. The van der Waals surface area contributed by atoms with E-state index in [1.165, 1.54) is 34.2 Å². The summed E-state index contributed by atoms with van der Waals surface area (Å²) in [6.07, 6.45) is 0.944. The Morgan fingerprint density at radius 2 is 1.91 bits per heavy atom. The fraction of sp³-hybridized carbons (Fsp3) is 0.381. The normalized spacial score (nSPS) is 18.8. The van der Waals surface area contributed by atoms with Crippen LogP contribution in [0.2, 0.25) is 10.6 Å². The number of aromatic nitrogens is 4. The molecule has 4 heterocycles. The standard InChI is InChI=1S/C21H18Cl2F2N6O2S/c22-20-27-21(23)31(28-20)9-17(32)30-6-4-11(5-7-30)19-26-15(10-34-19)14-8-16(33-29-14)18-12(24)2-1-3-13(18)25/h1-3,10-11,16H,4-9H2. The molecule has 13 heteroatoms. The molecule has 0 aliphatic carbocycles. The summed E-state index contributed by atoms with van der Waals surface area (Å²) in [7, 11) is 0. The maximum absolute atomic E-state index is 14.1. The molecule has 178 valence electrons. The molecule has 8 nitrogen and oxygen atoms in total. The summed E-state index contributed by atoms with van der Waals surface area (Å²) in [6.45, 7) is 1.14. The van der Waals surface area contributed by atoms with Crippen LogP contribution in [0, 0.1) is 11.6 Å². The lowest BCUT2D eigenvalue weighted by atomic mass is 9.97. The first-order valence-electron chi connectivity index (χ1n) is 10.5. The highest BCUT2D eigenvalue weighted by molar-refractivity contribution is 7.10. The van der Waals surface area contributed by atoms with Crippen molar-refractivity contribution in [1.82, 2.24) is 24.6 Å². The van der Waals surface area contributed by atoms with E-state index in [0.29, 0.717) is 24.5 Å². The molecular weight excluding hydrogens is 509 g/mol. The number of carbonyl (C=O) groups is 1. The molecule has 0 bridgehead atoms. The van der Waals surface area contributed by atoms with Crippen molar-refractivity contribution in [2.24, 2.45) is 5.16 Å². The zero-order valence-electron chi connectivity index (χ0n) is 17.6. The molecule has 1 atom stereocenters. The van der Waals surface area contributed by atoms with Crippen LogP contribution in [0.5, 0.6) is 0 Å². The summed E-state index contributed by atoms with van der Waals surface area (Å²) < 4.78 is 29.4. The van der Waals surface area contributed by atoms with Crippen LogP contribution in [0.15, 0.2) is 28.7 Å². The smallest absolute Gasteiger partial charge is 0.244 e. The van der Waals surface area contributed by atoms with E-state index in [1.807, 2.05) is 5.38 Å². The molecule has 0 radical (unpaired) electrons. The van der Waals surface area contributed by atoms with Crippen LogP contribution in [-0.2, 0) is 16.2 Å². The molecule has 1 saturated heterocycles. The molecule has 3 aromatic rings. The van der Waals surface area contributed by atoms with Crippen LogP contribution in [-0.4, -0.2) is 49.4 Å². The van der Waals surface area contributed by atoms with E-state index in [4.69, 9.17) is 33.0 Å². The summed E-state index contributed by atoms with van der Waals surface area (Å²) >= 11 is 13.1. The van der Waals surface area contributed by atoms with E-state index in [2.05, 4.69) is 15.2 Å². The Kier molecular flexibility index (Phi) is 6.50. The van der Waals surface area contributed by atoms with E-state index >= 15 is 0 Å². The number of rotatable bonds is 5. The minimum atomic E-state index is -0.816. The van der Waals surface area contributed by atoms with E-state index in [1.54, 1.807) is 4.90 Å². The highest BCUT2D eigenvalue weighted by atomic mass is 35.5. The first kappa shape index (κ1) is 23.1. The van der Waals surface area contributed by atoms with Crippen LogP contribution in [0.25, 0.3) is 0 Å². The third-order valence-corrected chi connectivity index (χ3v) is 7.34. The first-order chi connectivity index (χ1) is 16.4. The Hall–Kier alpha value is -2.63. The minimum absolute atomic E-state index is 0.00120. The minimum Gasteiger partial charge on any atom is -0.387 e. The number of oxime groups is 1. The van der Waals surface area contributed by atoms with Crippen LogP contribution in [0.4, 0.5) is 8.78 Å². The van der Waals surface area contributed by atoms with Crippen molar-refractivity contribution in [1.29, 1.82) is 0 Å². The van der Waals surface area contributed by atoms with Gasteiger partial charge in [-0.25, -0.2) is 18.4 Å². The van der Waals surface area contributed by atoms with E-state index in [9.17, 15) is 13.6 Å². The zero-order chi connectivity index (χ0) is 23.8. The summed E-state index contributed by atoms with van der Waals surface area (Å²) in [5.41, 5.74) is 1.09.